The third kappa shape index (κ3) is 46.2. The molecule has 0 bridgehead atoms. The Balaban J connectivity index is -0.0000000193. The van der Waals surface area contributed by atoms with Crippen LogP contribution in [0.2, 0.25) is 0 Å². The molecule has 14 N–H and O–H groups in total. The van der Waals surface area contributed by atoms with E-state index in [2.05, 4.69) is 4.52 Å². The average Bonchev–Trinajstić information content (AvgIpc) is 1.81. The molecule has 104 valence electrons. The van der Waals surface area contributed by atoms with Gasteiger partial charge < -0.3 is 47.4 Å². The quantitative estimate of drug-likeness (QED) is 0.289. The fourth-order valence-electron chi connectivity index (χ4n) is 0.236. The molecule has 0 aliphatic heterocycles. The predicted octanol–water partition coefficient (Wildman–Crippen LogP) is -6.44. The van der Waals surface area contributed by atoms with Gasteiger partial charge in [0, 0.05) is 59.1 Å². The second kappa shape index (κ2) is 26.4. The van der Waals surface area contributed by atoms with Crippen LogP contribution >= 0.6 is 7.82 Å². The molecular weight excluding hydrogens is 289 g/mol. The van der Waals surface area contributed by atoms with Gasteiger partial charge in [-0.2, -0.15) is 0 Å². The number of hydrogen-bond donors (Lipinski definition) is 4. The first-order valence-corrected chi connectivity index (χ1v) is 3.98. The molecule has 0 aliphatic carbocycles. The molecule has 0 amide bonds. The van der Waals surface area contributed by atoms with Gasteiger partial charge in [0.25, 0.3) is 0 Å². The summed E-state index contributed by atoms with van der Waals surface area (Å²) in [4.78, 5) is 16.1. The van der Waals surface area contributed by atoms with Crippen molar-refractivity contribution < 1.29 is 56.5 Å². The fraction of sp³-hybridized carbons (Fsp3) is 1.00. The summed E-state index contributed by atoms with van der Waals surface area (Å²) in [6, 6.07) is 0. The smallest absolute Gasteiger partial charge is 0.412 e. The molecular formula is C3H19Na2O11P. The van der Waals surface area contributed by atoms with E-state index >= 15 is 0 Å². The minimum atomic E-state index is -4.50. The molecule has 0 saturated carbocycles. The molecule has 1 atom stereocenters. The predicted molar refractivity (Wildman–Crippen MR) is 60.7 cm³/mol. The van der Waals surface area contributed by atoms with Gasteiger partial charge in [-0.15, -0.1) is 0 Å². The maximum absolute atomic E-state index is 9.93. The van der Waals surface area contributed by atoms with Crippen molar-refractivity contribution in [3.05, 3.63) is 0 Å². The Morgan fingerprint density at radius 2 is 1.29 bits per heavy atom. The Morgan fingerprint density at radius 1 is 1.00 bits per heavy atom. The van der Waals surface area contributed by atoms with Crippen molar-refractivity contribution in [2.75, 3.05) is 13.2 Å². The SMILES string of the molecule is O.O.O.O.O.O=P(O)(O)OCC(O)CO.[Na].[Na]. The second-order valence-electron chi connectivity index (χ2n) is 1.62. The molecule has 0 spiro atoms. The van der Waals surface area contributed by atoms with Crippen molar-refractivity contribution in [2.45, 2.75) is 6.10 Å². The first-order valence-electron chi connectivity index (χ1n) is 2.44. The van der Waals surface area contributed by atoms with Crippen LogP contribution in [0.25, 0.3) is 0 Å². The molecule has 0 aromatic carbocycles. The van der Waals surface area contributed by atoms with Crippen molar-refractivity contribution in [3.8, 4) is 0 Å². The van der Waals surface area contributed by atoms with E-state index in [9.17, 15) is 4.57 Å². The summed E-state index contributed by atoms with van der Waals surface area (Å²) in [6.45, 7) is -1.15. The summed E-state index contributed by atoms with van der Waals surface area (Å²) in [5.74, 6) is 0. The number of hydrogen-bond acceptors (Lipinski definition) is 4. The third-order valence-corrected chi connectivity index (χ3v) is 1.13. The Labute approximate surface area is 142 Å². The monoisotopic (exact) mass is 308 g/mol. The third-order valence-electron chi connectivity index (χ3n) is 0.646. The van der Waals surface area contributed by atoms with Gasteiger partial charge in [-0.3, -0.25) is 4.52 Å². The van der Waals surface area contributed by atoms with Gasteiger partial charge in [-0.25, -0.2) is 4.57 Å². The van der Waals surface area contributed by atoms with Gasteiger partial charge >= 0.3 is 7.82 Å². The Hall–Kier alpha value is 1.83. The Bertz CT molecular complexity index is 141. The molecule has 0 aromatic heterocycles. The van der Waals surface area contributed by atoms with Crippen LogP contribution in [0.3, 0.4) is 0 Å². The zero-order chi connectivity index (χ0) is 8.20. The number of rotatable bonds is 4. The van der Waals surface area contributed by atoms with Gasteiger partial charge in [-0.05, 0) is 0 Å². The molecule has 11 nitrogen and oxygen atoms in total. The first-order chi connectivity index (χ1) is 4.45. The number of aliphatic hydroxyl groups is 2. The molecule has 0 aromatic rings. The summed E-state index contributed by atoms with van der Waals surface area (Å²) < 4.78 is 13.8. The molecule has 1 unspecified atom stereocenters. The zero-order valence-corrected chi connectivity index (χ0v) is 14.4. The van der Waals surface area contributed by atoms with E-state index in [0.29, 0.717) is 0 Å². The van der Waals surface area contributed by atoms with Crippen molar-refractivity contribution in [1.29, 1.82) is 0 Å². The minimum Gasteiger partial charge on any atom is -0.412 e. The summed E-state index contributed by atoms with van der Waals surface area (Å²) in [7, 11) is -4.50. The van der Waals surface area contributed by atoms with Crippen molar-refractivity contribution in [2.24, 2.45) is 0 Å². The van der Waals surface area contributed by atoms with Crippen molar-refractivity contribution in [1.82, 2.24) is 0 Å². The van der Waals surface area contributed by atoms with Crippen molar-refractivity contribution >= 4 is 66.9 Å². The Morgan fingerprint density at radius 3 is 1.47 bits per heavy atom. The maximum atomic E-state index is 9.93. The molecule has 0 aliphatic rings. The van der Waals surface area contributed by atoms with E-state index in [0.717, 1.165) is 0 Å². The van der Waals surface area contributed by atoms with Crippen molar-refractivity contribution in [3.63, 3.8) is 0 Å². The van der Waals surface area contributed by atoms with Crippen LogP contribution in [-0.2, 0) is 9.09 Å². The van der Waals surface area contributed by atoms with Gasteiger partial charge in [-0.1, -0.05) is 0 Å². The normalized spacial score (nSPS) is 8.94. The van der Waals surface area contributed by atoms with E-state index in [1.807, 2.05) is 0 Å². The van der Waals surface area contributed by atoms with E-state index in [-0.39, 0.29) is 86.5 Å². The minimum absolute atomic E-state index is 0. The first kappa shape index (κ1) is 51.0. The molecule has 17 heavy (non-hydrogen) atoms. The van der Waals surface area contributed by atoms with Gasteiger partial charge in [0.1, 0.15) is 6.10 Å². The molecule has 2 radical (unpaired) electrons. The van der Waals surface area contributed by atoms with Gasteiger partial charge in [0.2, 0.25) is 0 Å². The summed E-state index contributed by atoms with van der Waals surface area (Å²) in [6.07, 6.45) is -1.24. The van der Waals surface area contributed by atoms with Crippen LogP contribution in [0.5, 0.6) is 0 Å². The second-order valence-corrected chi connectivity index (χ2v) is 2.86. The summed E-state index contributed by atoms with van der Waals surface area (Å²) >= 11 is 0. The summed E-state index contributed by atoms with van der Waals surface area (Å²) in [5, 5.41) is 16.7. The van der Waals surface area contributed by atoms with Crippen LogP contribution in [0, 0.1) is 0 Å². The molecule has 0 fully saturated rings. The zero-order valence-electron chi connectivity index (χ0n) is 9.54. The Kier molecular flexibility index (Phi) is 79.3. The summed E-state index contributed by atoms with van der Waals surface area (Å²) in [5.41, 5.74) is 0. The van der Waals surface area contributed by atoms with E-state index in [4.69, 9.17) is 20.0 Å². The number of phosphoric acid groups is 1. The molecule has 0 heterocycles. The van der Waals surface area contributed by atoms with Crippen LogP contribution in [0.1, 0.15) is 0 Å². The van der Waals surface area contributed by atoms with Crippen LogP contribution < -0.4 is 0 Å². The molecule has 0 saturated heterocycles. The number of aliphatic hydroxyl groups excluding tert-OH is 2. The van der Waals surface area contributed by atoms with Crippen LogP contribution in [0.15, 0.2) is 0 Å². The number of phosphoric ester groups is 1. The molecule has 14 heteroatoms. The fourth-order valence-corrected chi connectivity index (χ4v) is 0.602. The molecule has 0 rings (SSSR count). The average molecular weight is 308 g/mol. The maximum Gasteiger partial charge on any atom is 0.469 e. The largest absolute Gasteiger partial charge is 0.469 e. The van der Waals surface area contributed by atoms with Gasteiger partial charge in [0.15, 0.2) is 0 Å². The van der Waals surface area contributed by atoms with E-state index in [1.165, 1.54) is 0 Å². The topological polar surface area (TPSA) is 265 Å². The van der Waals surface area contributed by atoms with E-state index < -0.39 is 27.1 Å². The van der Waals surface area contributed by atoms with Crippen LogP contribution in [0.4, 0.5) is 0 Å². The van der Waals surface area contributed by atoms with Gasteiger partial charge in [0.05, 0.1) is 13.2 Å². The standard InChI is InChI=1S/C3H9O6P.2Na.5H2O/c4-1-3(5)2-9-10(6,7)8;;;;;;;/h3-5H,1-2H2,(H2,6,7,8);;;5*1H2. The van der Waals surface area contributed by atoms with Crippen LogP contribution in [-0.4, -0.2) is 126 Å². The van der Waals surface area contributed by atoms with E-state index in [1.54, 1.807) is 0 Å².